The van der Waals surface area contributed by atoms with Gasteiger partial charge < -0.3 is 4.74 Å². The van der Waals surface area contributed by atoms with Gasteiger partial charge in [0.1, 0.15) is 11.4 Å². The normalized spacial score (nSPS) is 10.5. The molecule has 6 heteroatoms. The smallest absolute Gasteiger partial charge is 0.278 e. The molecule has 128 valence electrons. The summed E-state index contributed by atoms with van der Waals surface area (Å²) in [6.07, 6.45) is 1.72. The molecular formula is C19H19N3O3. The van der Waals surface area contributed by atoms with Gasteiger partial charge in [0.25, 0.3) is 5.91 Å². The van der Waals surface area contributed by atoms with Gasteiger partial charge in [-0.15, -0.1) is 0 Å². The van der Waals surface area contributed by atoms with E-state index < -0.39 is 0 Å². The first kappa shape index (κ1) is 16.7. The molecule has 6 nitrogen and oxygen atoms in total. The third kappa shape index (κ3) is 3.87. The molecule has 0 spiro atoms. The van der Waals surface area contributed by atoms with Crippen LogP contribution in [0.1, 0.15) is 15.9 Å². The van der Waals surface area contributed by atoms with Crippen LogP contribution >= 0.6 is 0 Å². The molecule has 1 aromatic heterocycles. The lowest BCUT2D eigenvalue weighted by molar-refractivity contribution is 0.0538. The molecule has 0 aliphatic heterocycles. The average Bonchev–Trinajstić information content (AvgIpc) is 3.07. The van der Waals surface area contributed by atoms with Gasteiger partial charge in [0.15, 0.2) is 0 Å². The van der Waals surface area contributed by atoms with E-state index in [0.29, 0.717) is 23.6 Å². The van der Waals surface area contributed by atoms with Crippen molar-refractivity contribution in [1.29, 1.82) is 0 Å². The Balaban J connectivity index is 2.01. The van der Waals surface area contributed by atoms with E-state index in [2.05, 4.69) is 10.6 Å². The summed E-state index contributed by atoms with van der Waals surface area (Å²) in [5, 5.41) is 4.60. The minimum absolute atomic E-state index is 0.348. The Labute approximate surface area is 146 Å². The quantitative estimate of drug-likeness (QED) is 0.703. The number of aromatic nitrogens is 2. The predicted molar refractivity (Wildman–Crippen MR) is 94.2 cm³/mol. The summed E-state index contributed by atoms with van der Waals surface area (Å²) >= 11 is 0. The Morgan fingerprint density at radius 3 is 2.64 bits per heavy atom. The molecule has 1 amide bonds. The van der Waals surface area contributed by atoms with E-state index >= 15 is 0 Å². The highest BCUT2D eigenvalue weighted by atomic mass is 16.6. The number of benzene rings is 2. The third-order valence-electron chi connectivity index (χ3n) is 3.73. The molecule has 0 aliphatic rings. The fourth-order valence-electron chi connectivity index (χ4n) is 2.57. The molecule has 25 heavy (non-hydrogen) atoms. The van der Waals surface area contributed by atoms with E-state index in [4.69, 9.17) is 9.57 Å². The maximum absolute atomic E-state index is 12.3. The topological polar surface area (TPSA) is 65.4 Å². The molecule has 0 atom stereocenters. The average molecular weight is 337 g/mol. The summed E-state index contributed by atoms with van der Waals surface area (Å²) < 4.78 is 7.01. The van der Waals surface area contributed by atoms with E-state index in [1.54, 1.807) is 18.0 Å². The molecular weight excluding hydrogens is 318 g/mol. The fraction of sp³-hybridized carbons (Fsp3) is 0.158. The highest BCUT2D eigenvalue weighted by Gasteiger charge is 2.18. The Morgan fingerprint density at radius 1 is 1.12 bits per heavy atom. The van der Waals surface area contributed by atoms with Crippen molar-refractivity contribution in [3.63, 3.8) is 0 Å². The highest BCUT2D eigenvalue weighted by Crippen LogP contribution is 2.26. The molecule has 2 aromatic carbocycles. The summed E-state index contributed by atoms with van der Waals surface area (Å²) in [6.45, 7) is 0.568. The summed E-state index contributed by atoms with van der Waals surface area (Å²) in [5.74, 6) is 0.354. The Bertz CT molecular complexity index is 859. The molecule has 0 saturated carbocycles. The van der Waals surface area contributed by atoms with Crippen molar-refractivity contribution in [3.05, 3.63) is 71.9 Å². The van der Waals surface area contributed by atoms with Gasteiger partial charge in [-0.05, 0) is 17.7 Å². The minimum Gasteiger partial charge on any atom is -0.497 e. The number of amides is 1. The number of ether oxygens (including phenoxy) is 1. The lowest BCUT2D eigenvalue weighted by Gasteiger charge is -2.05. The number of carbonyl (C=O) groups is 1. The van der Waals surface area contributed by atoms with Gasteiger partial charge in [-0.1, -0.05) is 42.5 Å². The molecule has 1 heterocycles. The van der Waals surface area contributed by atoms with E-state index in [1.807, 2.05) is 54.6 Å². The largest absolute Gasteiger partial charge is 0.497 e. The second kappa shape index (κ2) is 7.63. The first-order chi connectivity index (χ1) is 12.2. The van der Waals surface area contributed by atoms with Gasteiger partial charge in [0.2, 0.25) is 0 Å². The first-order valence-electron chi connectivity index (χ1n) is 7.80. The second-order valence-corrected chi connectivity index (χ2v) is 5.44. The van der Waals surface area contributed by atoms with Gasteiger partial charge in [-0.2, -0.15) is 5.10 Å². The number of nitrogens with zero attached hydrogens (tertiary/aromatic N) is 2. The standard InChI is InChI=1S/C19H19N3O3/c1-24-16-10-6-9-15(11-16)18-17(19(23)21-25-2)13-22(20-18)12-14-7-4-3-5-8-14/h3-11,13H,12H2,1-2H3,(H,21,23). The molecule has 0 unspecified atom stereocenters. The van der Waals surface area contributed by atoms with Crippen molar-refractivity contribution in [2.24, 2.45) is 0 Å². The maximum atomic E-state index is 12.3. The summed E-state index contributed by atoms with van der Waals surface area (Å²) in [7, 11) is 3.00. The molecule has 3 rings (SSSR count). The van der Waals surface area contributed by atoms with Crippen LogP contribution in [0.15, 0.2) is 60.8 Å². The number of nitrogens with one attached hydrogen (secondary N) is 1. The van der Waals surface area contributed by atoms with E-state index in [1.165, 1.54) is 7.11 Å². The first-order valence-corrected chi connectivity index (χ1v) is 7.80. The Hall–Kier alpha value is -3.12. The molecule has 0 bridgehead atoms. The number of hydrogen-bond acceptors (Lipinski definition) is 4. The van der Waals surface area contributed by atoms with Crippen LogP contribution in [0.5, 0.6) is 5.75 Å². The van der Waals surface area contributed by atoms with Crippen LogP contribution in [0.4, 0.5) is 0 Å². The lowest BCUT2D eigenvalue weighted by atomic mass is 10.1. The molecule has 0 saturated heterocycles. The summed E-state index contributed by atoms with van der Waals surface area (Å²) in [6, 6.07) is 17.4. The zero-order valence-corrected chi connectivity index (χ0v) is 14.1. The Kier molecular flexibility index (Phi) is 5.11. The van der Waals surface area contributed by atoms with Crippen LogP contribution in [-0.2, 0) is 11.4 Å². The van der Waals surface area contributed by atoms with E-state index in [0.717, 1.165) is 11.1 Å². The van der Waals surface area contributed by atoms with Crippen LogP contribution in [0.3, 0.4) is 0 Å². The molecule has 1 N–H and O–H groups in total. The molecule has 0 aliphatic carbocycles. The second-order valence-electron chi connectivity index (χ2n) is 5.44. The van der Waals surface area contributed by atoms with Crippen molar-refractivity contribution < 1.29 is 14.4 Å². The van der Waals surface area contributed by atoms with Crippen molar-refractivity contribution in [3.8, 4) is 17.0 Å². The summed E-state index contributed by atoms with van der Waals surface area (Å²) in [5.41, 5.74) is 5.26. The number of hydroxylamine groups is 1. The number of carbonyl (C=O) groups excluding carboxylic acids is 1. The summed E-state index contributed by atoms with van der Waals surface area (Å²) in [4.78, 5) is 17.1. The van der Waals surface area contributed by atoms with Gasteiger partial charge in [0, 0.05) is 11.8 Å². The SMILES string of the molecule is CONC(=O)c1cn(Cc2ccccc2)nc1-c1cccc(OC)c1. The Morgan fingerprint density at radius 2 is 1.92 bits per heavy atom. The van der Waals surface area contributed by atoms with Gasteiger partial charge >= 0.3 is 0 Å². The van der Waals surface area contributed by atoms with Crippen LogP contribution in [0.25, 0.3) is 11.3 Å². The van der Waals surface area contributed by atoms with Gasteiger partial charge in [0.05, 0.1) is 26.3 Å². The lowest BCUT2D eigenvalue weighted by Crippen LogP contribution is -2.22. The number of methoxy groups -OCH3 is 1. The zero-order chi connectivity index (χ0) is 17.6. The predicted octanol–water partition coefficient (Wildman–Crippen LogP) is 2.90. The van der Waals surface area contributed by atoms with Crippen molar-refractivity contribution in [2.75, 3.05) is 14.2 Å². The van der Waals surface area contributed by atoms with Crippen LogP contribution in [0.2, 0.25) is 0 Å². The van der Waals surface area contributed by atoms with Crippen molar-refractivity contribution in [2.45, 2.75) is 6.54 Å². The third-order valence-corrected chi connectivity index (χ3v) is 3.73. The zero-order valence-electron chi connectivity index (χ0n) is 14.1. The molecule has 0 radical (unpaired) electrons. The van der Waals surface area contributed by atoms with Crippen LogP contribution in [0, 0.1) is 0 Å². The van der Waals surface area contributed by atoms with Crippen molar-refractivity contribution >= 4 is 5.91 Å². The monoisotopic (exact) mass is 337 g/mol. The highest BCUT2D eigenvalue weighted by molar-refractivity contribution is 5.99. The van der Waals surface area contributed by atoms with E-state index in [-0.39, 0.29) is 5.91 Å². The number of hydrogen-bond donors (Lipinski definition) is 1. The molecule has 0 fully saturated rings. The minimum atomic E-state index is -0.348. The van der Waals surface area contributed by atoms with Gasteiger partial charge in [-0.3, -0.25) is 14.3 Å². The van der Waals surface area contributed by atoms with Crippen LogP contribution < -0.4 is 10.2 Å². The van der Waals surface area contributed by atoms with Crippen molar-refractivity contribution in [1.82, 2.24) is 15.3 Å². The van der Waals surface area contributed by atoms with Crippen LogP contribution in [-0.4, -0.2) is 29.9 Å². The van der Waals surface area contributed by atoms with Gasteiger partial charge in [-0.25, -0.2) is 5.48 Å². The fourth-order valence-corrected chi connectivity index (χ4v) is 2.57. The maximum Gasteiger partial charge on any atom is 0.278 e. The molecule has 3 aromatic rings. The van der Waals surface area contributed by atoms with E-state index in [9.17, 15) is 4.79 Å². The number of rotatable bonds is 6.